The molecule has 0 saturated carbocycles. The molecule has 3 nitrogen and oxygen atoms in total. The molecule has 1 aliphatic rings. The molecule has 0 radical (unpaired) electrons. The largest absolute Gasteiger partial charge is 0.451 e. The molecule has 0 spiro atoms. The van der Waals surface area contributed by atoms with Gasteiger partial charge in [0.1, 0.15) is 5.76 Å². The van der Waals surface area contributed by atoms with E-state index in [-0.39, 0.29) is 5.91 Å². The minimum absolute atomic E-state index is 0.209. The van der Waals surface area contributed by atoms with Crippen LogP contribution in [0.3, 0.4) is 0 Å². The molecule has 0 atom stereocenters. The van der Waals surface area contributed by atoms with Gasteiger partial charge in [-0.3, -0.25) is 9.69 Å². The number of amides is 1. The molecular weight excluding hydrogens is 476 g/mol. The summed E-state index contributed by atoms with van der Waals surface area (Å²) in [4.78, 5) is 14.5. The van der Waals surface area contributed by atoms with Gasteiger partial charge in [0.2, 0.25) is 0 Å². The van der Waals surface area contributed by atoms with Crippen molar-refractivity contribution in [1.29, 1.82) is 0 Å². The van der Waals surface area contributed by atoms with Crippen molar-refractivity contribution in [1.82, 2.24) is 0 Å². The lowest BCUT2D eigenvalue weighted by Crippen LogP contribution is -2.27. The first kappa shape index (κ1) is 16.3. The Balaban J connectivity index is 1.94. The predicted octanol–water partition coefficient (Wildman–Crippen LogP) is 5.60. The van der Waals surface area contributed by atoms with E-state index in [2.05, 4.69) is 22.6 Å². The third kappa shape index (κ3) is 3.21. The van der Waals surface area contributed by atoms with Gasteiger partial charge in [0, 0.05) is 6.08 Å². The minimum atomic E-state index is -0.209. The van der Waals surface area contributed by atoms with Gasteiger partial charge in [-0.1, -0.05) is 47.2 Å². The smallest absolute Gasteiger partial charge is 0.270 e. The number of thioether (sulfide) groups is 1. The highest BCUT2D eigenvalue weighted by atomic mass is 127. The van der Waals surface area contributed by atoms with Crippen LogP contribution in [0.15, 0.2) is 39.7 Å². The number of hydrogen-bond donors (Lipinski definition) is 0. The number of thiocarbonyl (C=S) groups is 1. The van der Waals surface area contributed by atoms with E-state index in [0.717, 1.165) is 3.77 Å². The summed E-state index contributed by atoms with van der Waals surface area (Å²) in [6, 6.07) is 8.58. The average Bonchev–Trinajstić information content (AvgIpc) is 2.98. The molecule has 22 heavy (non-hydrogen) atoms. The summed E-state index contributed by atoms with van der Waals surface area (Å²) < 4.78 is 6.64. The summed E-state index contributed by atoms with van der Waals surface area (Å²) in [7, 11) is 0. The topological polar surface area (TPSA) is 33.5 Å². The van der Waals surface area contributed by atoms with Crippen molar-refractivity contribution < 1.29 is 9.21 Å². The monoisotopic (exact) mass is 481 g/mol. The molecule has 1 amide bonds. The third-order valence-corrected chi connectivity index (χ3v) is 5.44. The summed E-state index contributed by atoms with van der Waals surface area (Å²) in [5.41, 5.74) is 0.592. The van der Waals surface area contributed by atoms with Gasteiger partial charge in [0.15, 0.2) is 8.09 Å². The van der Waals surface area contributed by atoms with Crippen LogP contribution >= 0.6 is 69.8 Å². The Morgan fingerprint density at radius 3 is 2.64 bits per heavy atom. The Kier molecular flexibility index (Phi) is 4.84. The fourth-order valence-electron chi connectivity index (χ4n) is 1.85. The molecule has 112 valence electrons. The fraction of sp³-hybridized carbons (Fsp3) is 0. The van der Waals surface area contributed by atoms with Crippen LogP contribution in [-0.2, 0) is 4.79 Å². The normalized spacial score (nSPS) is 16.9. The van der Waals surface area contributed by atoms with Crippen LogP contribution in [0.1, 0.15) is 5.76 Å². The van der Waals surface area contributed by atoms with Gasteiger partial charge in [0.05, 0.1) is 20.6 Å². The lowest BCUT2D eigenvalue weighted by atomic mass is 10.3. The molecule has 2 heterocycles. The van der Waals surface area contributed by atoms with Gasteiger partial charge in [-0.15, -0.1) is 0 Å². The summed E-state index contributed by atoms with van der Waals surface area (Å²) in [5.74, 6) is 0.402. The molecule has 1 aliphatic heterocycles. The Bertz CT molecular complexity index is 819. The van der Waals surface area contributed by atoms with Crippen molar-refractivity contribution in [3.8, 4) is 0 Å². The van der Waals surface area contributed by atoms with Gasteiger partial charge >= 0.3 is 0 Å². The average molecular weight is 482 g/mol. The Morgan fingerprint density at radius 1 is 1.23 bits per heavy atom. The molecule has 0 unspecified atom stereocenters. The lowest BCUT2D eigenvalue weighted by molar-refractivity contribution is -0.113. The van der Waals surface area contributed by atoms with Crippen molar-refractivity contribution >= 4 is 91.8 Å². The summed E-state index contributed by atoms with van der Waals surface area (Å²) in [6.07, 6.45) is 1.68. The van der Waals surface area contributed by atoms with Gasteiger partial charge in [-0.05, 0) is 52.9 Å². The van der Waals surface area contributed by atoms with Gasteiger partial charge in [-0.25, -0.2) is 0 Å². The highest BCUT2D eigenvalue weighted by Crippen LogP contribution is 2.38. The number of carbonyl (C=O) groups is 1. The van der Waals surface area contributed by atoms with Crippen LogP contribution in [0.5, 0.6) is 0 Å². The molecule has 0 aliphatic carbocycles. The van der Waals surface area contributed by atoms with E-state index in [1.165, 1.54) is 16.7 Å². The van der Waals surface area contributed by atoms with Crippen LogP contribution < -0.4 is 4.90 Å². The molecule has 8 heteroatoms. The first-order valence-electron chi connectivity index (χ1n) is 5.94. The number of furan rings is 1. The van der Waals surface area contributed by atoms with E-state index in [4.69, 9.17) is 39.8 Å². The maximum absolute atomic E-state index is 12.6. The molecule has 1 aromatic carbocycles. The summed E-state index contributed by atoms with van der Waals surface area (Å²) in [6.45, 7) is 0. The molecule has 1 aromatic heterocycles. The second-order valence-corrected chi connectivity index (χ2v) is 7.81. The molecule has 2 aromatic rings. The van der Waals surface area contributed by atoms with E-state index in [9.17, 15) is 4.79 Å². The molecule has 0 N–H and O–H groups in total. The highest BCUT2D eigenvalue weighted by Gasteiger charge is 2.33. The fourth-order valence-corrected chi connectivity index (χ4v) is 3.85. The zero-order valence-corrected chi connectivity index (χ0v) is 16.0. The van der Waals surface area contributed by atoms with Gasteiger partial charge < -0.3 is 4.42 Å². The Hall–Kier alpha value is -0.540. The first-order chi connectivity index (χ1) is 10.5. The quantitative estimate of drug-likeness (QED) is 0.317. The third-order valence-electron chi connectivity index (χ3n) is 2.82. The van der Waals surface area contributed by atoms with Crippen molar-refractivity contribution in [2.24, 2.45) is 0 Å². The van der Waals surface area contributed by atoms with Gasteiger partial charge in [-0.2, -0.15) is 0 Å². The highest BCUT2D eigenvalue weighted by molar-refractivity contribution is 14.1. The van der Waals surface area contributed by atoms with E-state index in [0.29, 0.717) is 30.7 Å². The zero-order chi connectivity index (χ0) is 15.9. The van der Waals surface area contributed by atoms with E-state index >= 15 is 0 Å². The Morgan fingerprint density at radius 2 is 2.00 bits per heavy atom. The van der Waals surface area contributed by atoms with E-state index < -0.39 is 0 Å². The number of anilines is 1. The van der Waals surface area contributed by atoms with Crippen LogP contribution in [0.25, 0.3) is 6.08 Å². The second kappa shape index (κ2) is 6.52. The Labute approximate surface area is 159 Å². The lowest BCUT2D eigenvalue weighted by Gasteiger charge is -2.15. The first-order valence-corrected chi connectivity index (χ1v) is 9.00. The molecular formula is C14H6Cl2INO2S2. The van der Waals surface area contributed by atoms with Crippen LogP contribution in [-0.4, -0.2) is 10.2 Å². The number of halogens is 3. The number of benzene rings is 1. The zero-order valence-electron chi connectivity index (χ0n) is 10.7. The minimum Gasteiger partial charge on any atom is -0.451 e. The predicted molar refractivity (Wildman–Crippen MR) is 104 cm³/mol. The standard InChI is InChI=1S/C14H6Cl2INO2S2/c15-9-3-1-7(5-10(9)16)18-13(19)11(22-14(18)21)6-8-2-4-12(17)20-8/h1-6H. The molecule has 1 fully saturated rings. The van der Waals surface area contributed by atoms with Crippen molar-refractivity contribution in [3.63, 3.8) is 0 Å². The number of nitrogens with zero attached hydrogens (tertiary/aromatic N) is 1. The van der Waals surface area contributed by atoms with Crippen LogP contribution in [0, 0.1) is 3.77 Å². The number of carbonyl (C=O) groups excluding carboxylic acids is 1. The van der Waals surface area contributed by atoms with Crippen LogP contribution in [0.4, 0.5) is 5.69 Å². The van der Waals surface area contributed by atoms with Crippen molar-refractivity contribution in [3.05, 3.63) is 54.8 Å². The molecule has 0 bridgehead atoms. The van der Waals surface area contributed by atoms with Crippen molar-refractivity contribution in [2.45, 2.75) is 0 Å². The van der Waals surface area contributed by atoms with Crippen LogP contribution in [0.2, 0.25) is 10.0 Å². The summed E-state index contributed by atoms with van der Waals surface area (Å²) >= 11 is 20.5. The maximum Gasteiger partial charge on any atom is 0.270 e. The second-order valence-electron chi connectivity index (χ2n) is 4.26. The number of hydrogen-bond acceptors (Lipinski definition) is 4. The maximum atomic E-state index is 12.6. The van der Waals surface area contributed by atoms with Crippen molar-refractivity contribution in [2.75, 3.05) is 4.90 Å². The molecule has 1 saturated heterocycles. The summed E-state index contributed by atoms with van der Waals surface area (Å²) in [5, 5.41) is 0.800. The molecule has 3 rings (SSSR count). The number of rotatable bonds is 2. The van der Waals surface area contributed by atoms with Gasteiger partial charge in [0.25, 0.3) is 5.91 Å². The van der Waals surface area contributed by atoms with E-state index in [1.54, 1.807) is 30.3 Å². The SMILES string of the molecule is O=C1C(=Cc2ccc(I)o2)SC(=S)N1c1ccc(Cl)c(Cl)c1. The van der Waals surface area contributed by atoms with E-state index in [1.807, 2.05) is 6.07 Å².